The molecule has 19 heavy (non-hydrogen) atoms. The molecule has 5 heteroatoms. The fourth-order valence-electron chi connectivity index (χ4n) is 2.38. The van der Waals surface area contributed by atoms with Gasteiger partial charge in [-0.2, -0.15) is 17.0 Å². The van der Waals surface area contributed by atoms with Crippen LogP contribution in [0, 0.1) is 16.7 Å². The zero-order valence-electron chi connectivity index (χ0n) is 12.1. The Bertz CT molecular complexity index is 334. The standard InChI is InChI=1S/C14H24N2O2S/c1-4-14(5-2,19-3)11-16-12(17)13(10-15)6-8-18-9-7-13/h4-9,11H2,1-3H3,(H,16,17). The quantitative estimate of drug-likeness (QED) is 0.813. The highest BCUT2D eigenvalue weighted by Crippen LogP contribution is 2.32. The summed E-state index contributed by atoms with van der Waals surface area (Å²) in [6, 6.07) is 2.21. The van der Waals surface area contributed by atoms with E-state index in [0.717, 1.165) is 12.8 Å². The molecule has 1 N–H and O–H groups in total. The summed E-state index contributed by atoms with van der Waals surface area (Å²) in [6.07, 6.45) is 5.09. The maximum Gasteiger partial charge on any atom is 0.240 e. The summed E-state index contributed by atoms with van der Waals surface area (Å²) < 4.78 is 5.33. The summed E-state index contributed by atoms with van der Waals surface area (Å²) >= 11 is 1.79. The smallest absolute Gasteiger partial charge is 0.240 e. The molecule has 0 bridgehead atoms. The zero-order chi connectivity index (χ0) is 14.4. The largest absolute Gasteiger partial charge is 0.381 e. The number of amides is 1. The second kappa shape index (κ2) is 7.16. The fraction of sp³-hybridized carbons (Fsp3) is 0.857. The first-order valence-corrected chi connectivity index (χ1v) is 8.13. The van der Waals surface area contributed by atoms with Crippen molar-refractivity contribution in [3.8, 4) is 6.07 Å². The van der Waals surface area contributed by atoms with Crippen LogP contribution >= 0.6 is 11.8 Å². The molecule has 1 amide bonds. The van der Waals surface area contributed by atoms with Gasteiger partial charge >= 0.3 is 0 Å². The van der Waals surface area contributed by atoms with Gasteiger partial charge in [-0.1, -0.05) is 13.8 Å². The van der Waals surface area contributed by atoms with Gasteiger partial charge in [0.05, 0.1) is 6.07 Å². The van der Waals surface area contributed by atoms with Gasteiger partial charge in [0.1, 0.15) is 5.41 Å². The monoisotopic (exact) mass is 284 g/mol. The van der Waals surface area contributed by atoms with Gasteiger partial charge in [-0.25, -0.2) is 0 Å². The van der Waals surface area contributed by atoms with Crippen LogP contribution in [0.1, 0.15) is 39.5 Å². The summed E-state index contributed by atoms with van der Waals surface area (Å²) in [4.78, 5) is 12.3. The third kappa shape index (κ3) is 3.64. The van der Waals surface area contributed by atoms with Crippen LogP contribution in [0.15, 0.2) is 0 Å². The van der Waals surface area contributed by atoms with Crippen LogP contribution < -0.4 is 5.32 Å². The van der Waals surface area contributed by atoms with Gasteiger partial charge in [0.25, 0.3) is 0 Å². The highest BCUT2D eigenvalue weighted by molar-refractivity contribution is 8.00. The molecule has 4 nitrogen and oxygen atoms in total. The molecule has 1 fully saturated rings. The summed E-state index contributed by atoms with van der Waals surface area (Å²) in [5.41, 5.74) is -0.885. The molecule has 108 valence electrons. The molecule has 0 saturated carbocycles. The number of carbonyl (C=O) groups excluding carboxylic acids is 1. The second-order valence-corrected chi connectivity index (χ2v) is 6.36. The number of ether oxygens (including phenoxy) is 1. The SMILES string of the molecule is CCC(CC)(CNC(=O)C1(C#N)CCOCC1)SC. The Hall–Kier alpha value is -0.730. The lowest BCUT2D eigenvalue weighted by molar-refractivity contribution is -0.132. The molecule has 1 rings (SSSR count). The minimum absolute atomic E-state index is 0.0808. The minimum atomic E-state index is -0.885. The average molecular weight is 284 g/mol. The van der Waals surface area contributed by atoms with Crippen molar-refractivity contribution in [3.05, 3.63) is 0 Å². The zero-order valence-corrected chi connectivity index (χ0v) is 12.9. The summed E-state index contributed by atoms with van der Waals surface area (Å²) in [7, 11) is 0. The van der Waals surface area contributed by atoms with Gasteiger partial charge in [-0.05, 0) is 31.9 Å². The van der Waals surface area contributed by atoms with Crippen molar-refractivity contribution in [2.24, 2.45) is 5.41 Å². The van der Waals surface area contributed by atoms with Crippen molar-refractivity contribution in [1.82, 2.24) is 5.32 Å². The summed E-state index contributed by atoms with van der Waals surface area (Å²) in [5, 5.41) is 12.3. The highest BCUT2D eigenvalue weighted by Gasteiger charge is 2.41. The molecule has 0 aromatic carbocycles. The average Bonchev–Trinajstić information content (AvgIpc) is 2.49. The Morgan fingerprint density at radius 1 is 1.42 bits per heavy atom. The third-order valence-corrected chi connectivity index (χ3v) is 5.88. The Kier molecular flexibility index (Phi) is 6.15. The maximum atomic E-state index is 12.3. The van der Waals surface area contributed by atoms with Crippen LogP contribution in [0.25, 0.3) is 0 Å². The number of thioether (sulfide) groups is 1. The van der Waals surface area contributed by atoms with E-state index in [1.165, 1.54) is 0 Å². The van der Waals surface area contributed by atoms with Crippen molar-refractivity contribution in [2.45, 2.75) is 44.3 Å². The summed E-state index contributed by atoms with van der Waals surface area (Å²) in [5.74, 6) is -0.126. The predicted octanol–water partition coefficient (Wildman–Crippen LogP) is 2.34. The predicted molar refractivity (Wildman–Crippen MR) is 77.9 cm³/mol. The van der Waals surface area contributed by atoms with Crippen LogP contribution in [-0.2, 0) is 9.53 Å². The molecule has 1 heterocycles. The number of nitriles is 1. The maximum absolute atomic E-state index is 12.3. The minimum Gasteiger partial charge on any atom is -0.381 e. The molecule has 0 aliphatic carbocycles. The molecular formula is C14H24N2O2S. The number of hydrogen-bond donors (Lipinski definition) is 1. The second-order valence-electron chi connectivity index (χ2n) is 5.08. The van der Waals surface area contributed by atoms with Crippen LogP contribution in [0.4, 0.5) is 0 Å². The molecule has 0 atom stereocenters. The molecule has 0 spiro atoms. The van der Waals surface area contributed by atoms with Crippen molar-refractivity contribution >= 4 is 17.7 Å². The lowest BCUT2D eigenvalue weighted by Gasteiger charge is -2.33. The highest BCUT2D eigenvalue weighted by atomic mass is 32.2. The van der Waals surface area contributed by atoms with Gasteiger partial charge in [-0.3, -0.25) is 4.79 Å². The number of rotatable bonds is 6. The number of hydrogen-bond acceptors (Lipinski definition) is 4. The van der Waals surface area contributed by atoms with Crippen LogP contribution in [0.3, 0.4) is 0 Å². The number of nitrogens with one attached hydrogen (secondary N) is 1. The lowest BCUT2D eigenvalue weighted by Crippen LogP contribution is -2.48. The lowest BCUT2D eigenvalue weighted by atomic mass is 9.80. The normalized spacial score (nSPS) is 18.6. The molecule has 1 aliphatic rings. The Labute approximate surface area is 120 Å². The molecule has 0 aromatic heterocycles. The van der Waals surface area contributed by atoms with E-state index in [1.807, 2.05) is 0 Å². The van der Waals surface area contributed by atoms with Crippen molar-refractivity contribution in [1.29, 1.82) is 5.26 Å². The van der Waals surface area contributed by atoms with Gasteiger partial charge in [0, 0.05) is 24.5 Å². The molecule has 1 saturated heterocycles. The van der Waals surface area contributed by atoms with Crippen molar-refractivity contribution in [2.75, 3.05) is 26.0 Å². The Balaban J connectivity index is 2.66. The fourth-order valence-corrected chi connectivity index (χ4v) is 3.17. The molecule has 1 aliphatic heterocycles. The molecule has 0 radical (unpaired) electrons. The molecular weight excluding hydrogens is 260 g/mol. The molecule has 0 unspecified atom stereocenters. The topological polar surface area (TPSA) is 62.1 Å². The van der Waals surface area contributed by atoms with E-state index >= 15 is 0 Å². The van der Waals surface area contributed by atoms with Crippen LogP contribution in [0.2, 0.25) is 0 Å². The van der Waals surface area contributed by atoms with E-state index in [2.05, 4.69) is 31.5 Å². The Morgan fingerprint density at radius 3 is 2.42 bits per heavy atom. The van der Waals surface area contributed by atoms with Gasteiger partial charge < -0.3 is 10.1 Å². The first kappa shape index (κ1) is 16.3. The molecule has 0 aromatic rings. The number of carbonyl (C=O) groups is 1. The van der Waals surface area contributed by atoms with E-state index in [9.17, 15) is 10.1 Å². The van der Waals surface area contributed by atoms with Crippen molar-refractivity contribution in [3.63, 3.8) is 0 Å². The van der Waals surface area contributed by atoms with Crippen molar-refractivity contribution < 1.29 is 9.53 Å². The van der Waals surface area contributed by atoms with Gasteiger partial charge in [0.2, 0.25) is 5.91 Å². The first-order valence-electron chi connectivity index (χ1n) is 6.90. The third-order valence-electron chi connectivity index (χ3n) is 4.29. The van der Waals surface area contributed by atoms with E-state index in [-0.39, 0.29) is 10.7 Å². The number of nitrogens with zero attached hydrogens (tertiary/aromatic N) is 1. The first-order chi connectivity index (χ1) is 9.08. The van der Waals surface area contributed by atoms with Crippen LogP contribution in [0.5, 0.6) is 0 Å². The van der Waals surface area contributed by atoms with E-state index in [1.54, 1.807) is 11.8 Å². The van der Waals surface area contributed by atoms with E-state index in [0.29, 0.717) is 32.6 Å². The van der Waals surface area contributed by atoms with E-state index < -0.39 is 5.41 Å². The van der Waals surface area contributed by atoms with Gasteiger partial charge in [-0.15, -0.1) is 0 Å². The summed E-state index contributed by atoms with van der Waals surface area (Å²) in [6.45, 7) is 5.90. The van der Waals surface area contributed by atoms with Gasteiger partial charge in [0.15, 0.2) is 0 Å². The Morgan fingerprint density at radius 2 is 2.00 bits per heavy atom. The van der Waals surface area contributed by atoms with E-state index in [4.69, 9.17) is 4.74 Å². The van der Waals surface area contributed by atoms with Crippen LogP contribution in [-0.4, -0.2) is 36.7 Å².